The highest BCUT2D eigenvalue weighted by atomic mass is 127. The second-order valence-electron chi connectivity index (χ2n) is 4.17. The van der Waals surface area contributed by atoms with Gasteiger partial charge < -0.3 is 0 Å². The fourth-order valence-electron chi connectivity index (χ4n) is 1.24. The molecule has 2 heteroatoms. The zero-order chi connectivity index (χ0) is 12.1. The lowest BCUT2D eigenvalue weighted by atomic mass is 10.1. The van der Waals surface area contributed by atoms with Crippen molar-refractivity contribution < 1.29 is 4.79 Å². The van der Waals surface area contributed by atoms with Crippen LogP contribution in [0.2, 0.25) is 0 Å². The SMILES string of the molecule is CC(C)C(=O)/C=C/c1ccc(C(C)I)cc1. The van der Waals surface area contributed by atoms with Gasteiger partial charge in [-0.15, -0.1) is 0 Å². The standard InChI is InChI=1S/C14H17IO/c1-10(2)14(16)9-6-12-4-7-13(8-5-12)11(3)15/h4-11H,1-3H3/b9-6+. The van der Waals surface area contributed by atoms with Gasteiger partial charge in [-0.3, -0.25) is 4.79 Å². The summed E-state index contributed by atoms with van der Waals surface area (Å²) in [7, 11) is 0. The summed E-state index contributed by atoms with van der Waals surface area (Å²) in [6.07, 6.45) is 3.54. The lowest BCUT2D eigenvalue weighted by Gasteiger charge is -2.03. The van der Waals surface area contributed by atoms with Crippen molar-refractivity contribution in [3.63, 3.8) is 0 Å². The number of hydrogen-bond donors (Lipinski definition) is 0. The summed E-state index contributed by atoms with van der Waals surface area (Å²) in [6.45, 7) is 5.98. The maximum Gasteiger partial charge on any atom is 0.158 e. The van der Waals surface area contributed by atoms with E-state index in [4.69, 9.17) is 0 Å². The molecule has 0 fully saturated rings. The van der Waals surface area contributed by atoms with Gasteiger partial charge in [0.05, 0.1) is 0 Å². The molecule has 0 bridgehead atoms. The van der Waals surface area contributed by atoms with E-state index in [-0.39, 0.29) is 11.7 Å². The molecule has 0 aliphatic heterocycles. The van der Waals surface area contributed by atoms with Crippen LogP contribution >= 0.6 is 22.6 Å². The molecule has 0 saturated heterocycles. The molecule has 0 aliphatic rings. The molecule has 0 heterocycles. The Balaban J connectivity index is 2.72. The molecule has 16 heavy (non-hydrogen) atoms. The summed E-state index contributed by atoms with van der Waals surface area (Å²) in [5.74, 6) is 0.247. The van der Waals surface area contributed by atoms with Gasteiger partial charge in [-0.05, 0) is 24.1 Å². The van der Waals surface area contributed by atoms with Gasteiger partial charge in [0, 0.05) is 9.84 Å². The van der Waals surface area contributed by atoms with Gasteiger partial charge in [0.1, 0.15) is 0 Å². The Morgan fingerprint density at radius 3 is 2.19 bits per heavy atom. The average molecular weight is 328 g/mol. The van der Waals surface area contributed by atoms with Crippen molar-refractivity contribution in [1.29, 1.82) is 0 Å². The van der Waals surface area contributed by atoms with E-state index in [1.807, 2.05) is 19.9 Å². The maximum absolute atomic E-state index is 11.4. The fraction of sp³-hybridized carbons (Fsp3) is 0.357. The first-order valence-corrected chi connectivity index (χ1v) is 6.71. The summed E-state index contributed by atoms with van der Waals surface area (Å²) >= 11 is 2.39. The van der Waals surface area contributed by atoms with Gasteiger partial charge in [0.15, 0.2) is 5.78 Å². The number of allylic oxidation sites excluding steroid dienone is 1. The van der Waals surface area contributed by atoms with Crippen LogP contribution in [0.4, 0.5) is 0 Å². The molecule has 0 saturated carbocycles. The van der Waals surface area contributed by atoms with Gasteiger partial charge in [0.25, 0.3) is 0 Å². The molecule has 0 amide bonds. The van der Waals surface area contributed by atoms with Crippen LogP contribution in [0.5, 0.6) is 0 Å². The van der Waals surface area contributed by atoms with Crippen molar-refractivity contribution in [2.24, 2.45) is 5.92 Å². The summed E-state index contributed by atoms with van der Waals surface area (Å²) in [6, 6.07) is 8.32. The third-order valence-electron chi connectivity index (χ3n) is 2.40. The minimum absolute atomic E-state index is 0.0740. The molecule has 0 aromatic heterocycles. The van der Waals surface area contributed by atoms with Crippen molar-refractivity contribution in [2.45, 2.75) is 24.7 Å². The minimum atomic E-state index is 0.0740. The number of hydrogen-bond acceptors (Lipinski definition) is 1. The van der Waals surface area contributed by atoms with E-state index in [9.17, 15) is 4.79 Å². The molecular weight excluding hydrogens is 311 g/mol. The van der Waals surface area contributed by atoms with Crippen LogP contribution in [-0.4, -0.2) is 5.78 Å². The van der Waals surface area contributed by atoms with E-state index in [2.05, 4.69) is 53.8 Å². The van der Waals surface area contributed by atoms with Crippen molar-refractivity contribution >= 4 is 34.5 Å². The summed E-state index contributed by atoms with van der Waals surface area (Å²) in [5.41, 5.74) is 2.39. The highest BCUT2D eigenvalue weighted by Gasteiger charge is 2.02. The quantitative estimate of drug-likeness (QED) is 0.454. The van der Waals surface area contributed by atoms with Crippen molar-refractivity contribution in [1.82, 2.24) is 0 Å². The number of benzene rings is 1. The van der Waals surface area contributed by atoms with E-state index >= 15 is 0 Å². The monoisotopic (exact) mass is 328 g/mol. The van der Waals surface area contributed by atoms with Gasteiger partial charge in [-0.1, -0.05) is 66.8 Å². The maximum atomic E-state index is 11.4. The van der Waals surface area contributed by atoms with Crippen LogP contribution in [0.1, 0.15) is 35.8 Å². The number of ketones is 1. The van der Waals surface area contributed by atoms with Crippen LogP contribution in [0.15, 0.2) is 30.3 Å². The fourth-order valence-corrected chi connectivity index (χ4v) is 1.66. The summed E-state index contributed by atoms with van der Waals surface area (Å²) in [5, 5.41) is 0. The molecule has 1 unspecified atom stereocenters. The van der Waals surface area contributed by atoms with Crippen molar-refractivity contribution in [3.8, 4) is 0 Å². The normalized spacial score (nSPS) is 13.3. The first-order chi connectivity index (χ1) is 7.50. The van der Waals surface area contributed by atoms with Crippen molar-refractivity contribution in [2.75, 3.05) is 0 Å². The third-order valence-corrected chi connectivity index (χ3v) is 3.12. The molecule has 86 valence electrons. The highest BCUT2D eigenvalue weighted by molar-refractivity contribution is 14.1. The van der Waals surface area contributed by atoms with Crippen molar-refractivity contribution in [3.05, 3.63) is 41.5 Å². The number of carbonyl (C=O) groups excluding carboxylic acids is 1. The van der Waals surface area contributed by atoms with Crippen LogP contribution in [-0.2, 0) is 4.79 Å². The molecule has 0 aliphatic carbocycles. The predicted molar refractivity (Wildman–Crippen MR) is 77.8 cm³/mol. The molecule has 1 atom stereocenters. The Morgan fingerprint density at radius 1 is 1.19 bits per heavy atom. The second-order valence-corrected chi connectivity index (χ2v) is 6.04. The van der Waals surface area contributed by atoms with E-state index < -0.39 is 0 Å². The van der Waals surface area contributed by atoms with E-state index in [0.717, 1.165) is 5.56 Å². The molecule has 1 aromatic rings. The first-order valence-electron chi connectivity index (χ1n) is 5.46. The molecule has 1 nitrogen and oxygen atoms in total. The lowest BCUT2D eigenvalue weighted by Crippen LogP contribution is -2.01. The zero-order valence-corrected chi connectivity index (χ0v) is 12.1. The average Bonchev–Trinajstić information content (AvgIpc) is 2.26. The Labute approximate surface area is 111 Å². The number of alkyl halides is 1. The van der Waals surface area contributed by atoms with E-state index in [1.54, 1.807) is 6.08 Å². The molecule has 0 spiro atoms. The number of rotatable bonds is 4. The highest BCUT2D eigenvalue weighted by Crippen LogP contribution is 2.22. The van der Waals surface area contributed by atoms with E-state index in [1.165, 1.54) is 5.56 Å². The largest absolute Gasteiger partial charge is 0.295 e. The zero-order valence-electron chi connectivity index (χ0n) is 9.91. The Hall–Kier alpha value is -0.640. The van der Waals surface area contributed by atoms with Crippen LogP contribution < -0.4 is 0 Å². The first kappa shape index (κ1) is 13.4. The molecule has 0 radical (unpaired) electrons. The topological polar surface area (TPSA) is 17.1 Å². The third kappa shape index (κ3) is 4.08. The predicted octanol–water partition coefficient (Wildman–Crippen LogP) is 4.42. The lowest BCUT2D eigenvalue weighted by molar-refractivity contribution is -0.117. The van der Waals surface area contributed by atoms with Crippen LogP contribution in [0, 0.1) is 5.92 Å². The molecular formula is C14H17IO. The van der Waals surface area contributed by atoms with E-state index in [0.29, 0.717) is 3.92 Å². The Kier molecular flexibility index (Phi) is 5.19. The smallest absolute Gasteiger partial charge is 0.158 e. The van der Waals surface area contributed by atoms with Gasteiger partial charge >= 0.3 is 0 Å². The summed E-state index contributed by atoms with van der Waals surface area (Å²) < 4.78 is 0.521. The Bertz CT molecular complexity index is 374. The number of halogens is 1. The molecule has 1 rings (SSSR count). The van der Waals surface area contributed by atoms with Gasteiger partial charge in [-0.2, -0.15) is 0 Å². The second kappa shape index (κ2) is 6.18. The Morgan fingerprint density at radius 2 is 1.75 bits per heavy atom. The molecule has 1 aromatic carbocycles. The summed E-state index contributed by atoms with van der Waals surface area (Å²) in [4.78, 5) is 11.4. The van der Waals surface area contributed by atoms with Gasteiger partial charge in [-0.25, -0.2) is 0 Å². The van der Waals surface area contributed by atoms with Crippen LogP contribution in [0.3, 0.4) is 0 Å². The minimum Gasteiger partial charge on any atom is -0.295 e. The van der Waals surface area contributed by atoms with Gasteiger partial charge in [0.2, 0.25) is 0 Å². The molecule has 0 N–H and O–H groups in total. The van der Waals surface area contributed by atoms with Crippen LogP contribution in [0.25, 0.3) is 6.08 Å². The number of carbonyl (C=O) groups is 1.